The summed E-state index contributed by atoms with van der Waals surface area (Å²) in [4.78, 5) is 8.04. The van der Waals surface area contributed by atoms with E-state index >= 15 is 0 Å². The Morgan fingerprint density at radius 1 is 1.29 bits per heavy atom. The van der Waals surface area contributed by atoms with Gasteiger partial charge in [-0.15, -0.1) is 0 Å². The zero-order valence-corrected chi connectivity index (χ0v) is 13.2. The van der Waals surface area contributed by atoms with Crippen LogP contribution in [0.25, 0.3) is 0 Å². The number of anilines is 1. The van der Waals surface area contributed by atoms with E-state index in [1.54, 1.807) is 0 Å². The standard InChI is InChI=1S/C15H18ClN3O2/c1-8(2)10-6-12(17)9(3)5-13(10)21-14-11(16)7-18-15(19-14)20-4/h5-8H,17H2,1-4H3. The van der Waals surface area contributed by atoms with Crippen molar-refractivity contribution >= 4 is 17.3 Å². The smallest absolute Gasteiger partial charge is 0.319 e. The molecule has 1 heterocycles. The molecule has 112 valence electrons. The third kappa shape index (κ3) is 3.36. The lowest BCUT2D eigenvalue weighted by Gasteiger charge is -2.16. The van der Waals surface area contributed by atoms with Crippen LogP contribution in [-0.4, -0.2) is 17.1 Å². The first-order valence-corrected chi connectivity index (χ1v) is 6.94. The van der Waals surface area contributed by atoms with E-state index in [4.69, 9.17) is 26.8 Å². The second-order valence-corrected chi connectivity index (χ2v) is 5.42. The lowest BCUT2D eigenvalue weighted by Crippen LogP contribution is -2.01. The van der Waals surface area contributed by atoms with Gasteiger partial charge in [0.15, 0.2) is 0 Å². The Bertz CT molecular complexity index is 660. The van der Waals surface area contributed by atoms with Crippen LogP contribution in [0.3, 0.4) is 0 Å². The van der Waals surface area contributed by atoms with Gasteiger partial charge < -0.3 is 15.2 Å². The summed E-state index contributed by atoms with van der Waals surface area (Å²) in [6.07, 6.45) is 1.45. The second-order valence-electron chi connectivity index (χ2n) is 5.01. The van der Waals surface area contributed by atoms with Crippen molar-refractivity contribution in [2.45, 2.75) is 26.7 Å². The van der Waals surface area contributed by atoms with Gasteiger partial charge >= 0.3 is 6.01 Å². The predicted octanol–water partition coefficient (Wildman–Crippen LogP) is 3.94. The van der Waals surface area contributed by atoms with Gasteiger partial charge in [-0.2, -0.15) is 4.98 Å². The maximum atomic E-state index is 6.08. The Kier molecular flexibility index (Phi) is 4.53. The molecule has 1 aromatic carbocycles. The third-order valence-electron chi connectivity index (χ3n) is 3.10. The van der Waals surface area contributed by atoms with Crippen LogP contribution >= 0.6 is 11.6 Å². The van der Waals surface area contributed by atoms with Gasteiger partial charge in [-0.1, -0.05) is 25.4 Å². The van der Waals surface area contributed by atoms with Crippen molar-refractivity contribution in [3.05, 3.63) is 34.5 Å². The van der Waals surface area contributed by atoms with Crippen LogP contribution in [0.15, 0.2) is 18.3 Å². The molecule has 0 saturated heterocycles. The number of nitrogens with zero attached hydrogens (tertiary/aromatic N) is 2. The Morgan fingerprint density at radius 3 is 2.62 bits per heavy atom. The highest BCUT2D eigenvalue weighted by molar-refractivity contribution is 6.31. The average Bonchev–Trinajstić information content (AvgIpc) is 2.44. The number of aryl methyl sites for hydroxylation is 1. The first kappa shape index (κ1) is 15.4. The molecule has 0 aliphatic rings. The summed E-state index contributed by atoms with van der Waals surface area (Å²) in [5.74, 6) is 1.19. The number of methoxy groups -OCH3 is 1. The molecule has 0 unspecified atom stereocenters. The van der Waals surface area contributed by atoms with Gasteiger partial charge in [-0.05, 0) is 36.1 Å². The molecule has 0 aliphatic heterocycles. The van der Waals surface area contributed by atoms with E-state index in [9.17, 15) is 0 Å². The molecule has 0 radical (unpaired) electrons. The minimum absolute atomic E-state index is 0.202. The molecule has 0 spiro atoms. The highest BCUT2D eigenvalue weighted by Crippen LogP contribution is 2.35. The number of halogens is 1. The fourth-order valence-electron chi connectivity index (χ4n) is 1.87. The van der Waals surface area contributed by atoms with Gasteiger partial charge in [-0.3, -0.25) is 0 Å². The second kappa shape index (κ2) is 6.18. The van der Waals surface area contributed by atoms with Gasteiger partial charge in [0.05, 0.1) is 13.3 Å². The first-order chi connectivity index (χ1) is 9.92. The van der Waals surface area contributed by atoms with E-state index < -0.39 is 0 Å². The van der Waals surface area contributed by atoms with Crippen LogP contribution in [0.5, 0.6) is 17.6 Å². The number of benzene rings is 1. The number of nitrogens with two attached hydrogens (primary N) is 1. The number of nitrogen functional groups attached to an aromatic ring is 1. The molecule has 0 fully saturated rings. The molecule has 0 amide bonds. The Balaban J connectivity index is 2.46. The lowest BCUT2D eigenvalue weighted by molar-refractivity contribution is 0.365. The lowest BCUT2D eigenvalue weighted by atomic mass is 9.99. The van der Waals surface area contributed by atoms with E-state index in [1.807, 2.05) is 19.1 Å². The van der Waals surface area contributed by atoms with Crippen LogP contribution in [0, 0.1) is 6.92 Å². The number of hydrogen-bond donors (Lipinski definition) is 1. The van der Waals surface area contributed by atoms with Gasteiger partial charge in [0, 0.05) is 5.69 Å². The van der Waals surface area contributed by atoms with Crippen molar-refractivity contribution in [3.8, 4) is 17.6 Å². The van der Waals surface area contributed by atoms with Gasteiger partial charge in [0.1, 0.15) is 10.8 Å². The molecule has 2 aromatic rings. The number of ether oxygens (including phenoxy) is 2. The predicted molar refractivity (Wildman–Crippen MR) is 83.3 cm³/mol. The summed E-state index contributed by atoms with van der Waals surface area (Å²) in [5.41, 5.74) is 8.63. The van der Waals surface area contributed by atoms with E-state index in [0.717, 1.165) is 16.8 Å². The van der Waals surface area contributed by atoms with E-state index in [2.05, 4.69) is 23.8 Å². The largest absolute Gasteiger partial charge is 0.467 e. The molecule has 0 bridgehead atoms. The van der Waals surface area contributed by atoms with Crippen molar-refractivity contribution < 1.29 is 9.47 Å². The van der Waals surface area contributed by atoms with Crippen LogP contribution in [0.1, 0.15) is 30.9 Å². The Hall–Kier alpha value is -2.01. The summed E-state index contributed by atoms with van der Waals surface area (Å²) >= 11 is 6.08. The minimum atomic E-state index is 0.202. The van der Waals surface area contributed by atoms with E-state index in [-0.39, 0.29) is 17.8 Å². The quantitative estimate of drug-likeness (QED) is 0.866. The fraction of sp³-hybridized carbons (Fsp3) is 0.333. The molecule has 2 N–H and O–H groups in total. The van der Waals surface area contributed by atoms with Crippen molar-refractivity contribution in [1.82, 2.24) is 9.97 Å². The van der Waals surface area contributed by atoms with Crippen LogP contribution in [-0.2, 0) is 0 Å². The molecule has 2 rings (SSSR count). The summed E-state index contributed by atoms with van der Waals surface area (Å²) in [6.45, 7) is 6.06. The molecule has 0 aliphatic carbocycles. The van der Waals surface area contributed by atoms with E-state index in [1.165, 1.54) is 13.3 Å². The molecule has 6 heteroatoms. The maximum absolute atomic E-state index is 6.08. The fourth-order valence-corrected chi connectivity index (χ4v) is 2.00. The highest BCUT2D eigenvalue weighted by Gasteiger charge is 2.15. The van der Waals surface area contributed by atoms with E-state index in [0.29, 0.717) is 10.8 Å². The molecular formula is C15H18ClN3O2. The maximum Gasteiger partial charge on any atom is 0.319 e. The number of hydrogen-bond acceptors (Lipinski definition) is 5. The van der Waals surface area contributed by atoms with Crippen molar-refractivity contribution in [3.63, 3.8) is 0 Å². The topological polar surface area (TPSA) is 70.3 Å². The van der Waals surface area contributed by atoms with Gasteiger partial charge in [0.2, 0.25) is 5.88 Å². The third-order valence-corrected chi connectivity index (χ3v) is 3.36. The molecule has 0 saturated carbocycles. The summed E-state index contributed by atoms with van der Waals surface area (Å²) in [7, 11) is 1.49. The summed E-state index contributed by atoms with van der Waals surface area (Å²) < 4.78 is 10.8. The monoisotopic (exact) mass is 307 g/mol. The van der Waals surface area contributed by atoms with Gasteiger partial charge in [-0.25, -0.2) is 4.98 Å². The summed E-state index contributed by atoms with van der Waals surface area (Å²) in [5, 5.41) is 0.319. The summed E-state index contributed by atoms with van der Waals surface area (Å²) in [6, 6.07) is 4.00. The average molecular weight is 308 g/mol. The van der Waals surface area contributed by atoms with Crippen LogP contribution < -0.4 is 15.2 Å². The highest BCUT2D eigenvalue weighted by atomic mass is 35.5. The number of aromatic nitrogens is 2. The molecular weight excluding hydrogens is 290 g/mol. The zero-order chi connectivity index (χ0) is 15.6. The van der Waals surface area contributed by atoms with Crippen molar-refractivity contribution in [1.29, 1.82) is 0 Å². The first-order valence-electron chi connectivity index (χ1n) is 6.56. The van der Waals surface area contributed by atoms with Crippen molar-refractivity contribution in [2.24, 2.45) is 0 Å². The Morgan fingerprint density at radius 2 is 2.00 bits per heavy atom. The Labute approximate surface area is 129 Å². The number of rotatable bonds is 4. The molecule has 5 nitrogen and oxygen atoms in total. The SMILES string of the molecule is COc1ncc(Cl)c(Oc2cc(C)c(N)cc2C(C)C)n1. The molecule has 21 heavy (non-hydrogen) atoms. The molecule has 0 atom stereocenters. The van der Waals surface area contributed by atoms with Gasteiger partial charge in [0.25, 0.3) is 0 Å². The van der Waals surface area contributed by atoms with Crippen molar-refractivity contribution in [2.75, 3.05) is 12.8 Å². The molecule has 1 aromatic heterocycles. The normalized spacial score (nSPS) is 10.8. The van der Waals surface area contributed by atoms with Crippen LogP contribution in [0.2, 0.25) is 5.02 Å². The zero-order valence-electron chi connectivity index (χ0n) is 12.5. The van der Waals surface area contributed by atoms with Crippen LogP contribution in [0.4, 0.5) is 5.69 Å². The minimum Gasteiger partial charge on any atom is -0.467 e.